The number of carbonyl (C=O) groups excluding carboxylic acids is 4. The summed E-state index contributed by atoms with van der Waals surface area (Å²) in [6.07, 6.45) is 1.15. The molecule has 0 aromatic heterocycles. The highest BCUT2D eigenvalue weighted by Crippen LogP contribution is 2.33. The number of hydrogen-bond donors (Lipinski definition) is 3. The topological polar surface area (TPSA) is 114 Å². The van der Waals surface area contributed by atoms with E-state index in [0.717, 1.165) is 4.90 Å². The molecule has 1 fully saturated rings. The van der Waals surface area contributed by atoms with Gasteiger partial charge in [-0.2, -0.15) is 0 Å². The third-order valence-corrected chi connectivity index (χ3v) is 6.65. The summed E-state index contributed by atoms with van der Waals surface area (Å²) in [7, 11) is 0. The summed E-state index contributed by atoms with van der Waals surface area (Å²) in [5, 5.41) is 8.64. The minimum absolute atomic E-state index is 0.111. The number of ether oxygens (including phenoxy) is 1. The van der Waals surface area contributed by atoms with E-state index in [1.54, 1.807) is 6.07 Å². The molecular weight excluding hydrogens is 478 g/mol. The molecule has 1 saturated heterocycles. The number of alkyl carbamates (subject to hydrolysis) is 1. The summed E-state index contributed by atoms with van der Waals surface area (Å²) in [6, 6.07) is 5.75. The first-order valence-electron chi connectivity index (χ1n) is 11.4. The number of amides is 3. The molecule has 3 N–H and O–H groups in total. The quantitative estimate of drug-likeness (QED) is 0.292. The number of rotatable bonds is 12. The third-order valence-electron chi connectivity index (χ3n) is 5.25. The number of hydrogen-bond acceptors (Lipinski definition) is 6. The summed E-state index contributed by atoms with van der Waals surface area (Å²) >= 11 is 7.57. The Kier molecular flexibility index (Phi) is 10.7. The molecular formula is C24H34ClN3O5S. The van der Waals surface area contributed by atoms with Crippen molar-refractivity contribution in [3.63, 3.8) is 0 Å². The van der Waals surface area contributed by atoms with Crippen LogP contribution in [0.4, 0.5) is 4.79 Å². The van der Waals surface area contributed by atoms with Crippen LogP contribution in [0.5, 0.6) is 0 Å². The van der Waals surface area contributed by atoms with Gasteiger partial charge in [-0.25, -0.2) is 4.79 Å². The number of thioether (sulfide) groups is 1. The van der Waals surface area contributed by atoms with Crippen LogP contribution in [0.3, 0.4) is 0 Å². The molecule has 1 heterocycles. The summed E-state index contributed by atoms with van der Waals surface area (Å²) in [5.41, 5.74) is 0. The molecule has 3 amide bonds. The van der Waals surface area contributed by atoms with Crippen LogP contribution >= 0.6 is 23.4 Å². The molecule has 0 bridgehead atoms. The van der Waals surface area contributed by atoms with E-state index in [1.807, 2.05) is 45.9 Å². The fourth-order valence-corrected chi connectivity index (χ4v) is 4.96. The number of halogens is 1. The lowest BCUT2D eigenvalue weighted by molar-refractivity contribution is -0.127. The van der Waals surface area contributed by atoms with Crippen molar-refractivity contribution in [2.24, 2.45) is 11.8 Å². The van der Waals surface area contributed by atoms with Gasteiger partial charge in [0.2, 0.25) is 11.8 Å². The molecule has 0 unspecified atom stereocenters. The third kappa shape index (κ3) is 9.54. The largest absolute Gasteiger partial charge is 0.448 e. The first-order valence-corrected chi connectivity index (χ1v) is 12.6. The maximum atomic E-state index is 12.9. The Morgan fingerprint density at radius 2 is 2.06 bits per heavy atom. The summed E-state index contributed by atoms with van der Waals surface area (Å²) in [6.45, 7) is 8.42. The maximum absolute atomic E-state index is 12.9. The van der Waals surface area contributed by atoms with Crippen LogP contribution in [-0.2, 0) is 19.1 Å². The first kappa shape index (κ1) is 28.0. The van der Waals surface area contributed by atoms with Gasteiger partial charge in [0.05, 0.1) is 6.04 Å². The minimum atomic E-state index is -0.865. The molecule has 2 rings (SSSR count). The first-order chi connectivity index (χ1) is 16.0. The van der Waals surface area contributed by atoms with E-state index in [2.05, 4.69) is 16.0 Å². The number of benzene rings is 1. The summed E-state index contributed by atoms with van der Waals surface area (Å²) in [5.74, 6) is -0.786. The molecule has 0 aliphatic carbocycles. The highest BCUT2D eigenvalue weighted by atomic mass is 35.5. The number of nitrogens with one attached hydrogen (secondary N) is 3. The summed E-state index contributed by atoms with van der Waals surface area (Å²) in [4.78, 5) is 49.6. The lowest BCUT2D eigenvalue weighted by Crippen LogP contribution is -2.51. The van der Waals surface area contributed by atoms with Crippen molar-refractivity contribution in [3.8, 4) is 0 Å². The van der Waals surface area contributed by atoms with Crippen LogP contribution in [-0.4, -0.2) is 54.2 Å². The van der Waals surface area contributed by atoms with Gasteiger partial charge in [-0.05, 0) is 57.2 Å². The normalized spacial score (nSPS) is 17.6. The van der Waals surface area contributed by atoms with Gasteiger partial charge < -0.3 is 25.5 Å². The second-order valence-corrected chi connectivity index (χ2v) is 11.7. The van der Waals surface area contributed by atoms with Crippen LogP contribution in [0.25, 0.3) is 0 Å². The molecule has 8 nitrogen and oxygen atoms in total. The molecule has 0 spiro atoms. The van der Waals surface area contributed by atoms with Crippen molar-refractivity contribution < 1.29 is 23.9 Å². The van der Waals surface area contributed by atoms with E-state index in [9.17, 15) is 19.2 Å². The summed E-state index contributed by atoms with van der Waals surface area (Å²) < 4.78 is 4.99. The average Bonchev–Trinajstić information content (AvgIpc) is 3.15. The molecule has 34 heavy (non-hydrogen) atoms. The zero-order chi connectivity index (χ0) is 25.3. The number of aldehydes is 1. The Morgan fingerprint density at radius 1 is 1.32 bits per heavy atom. The smallest absolute Gasteiger partial charge is 0.407 e. The van der Waals surface area contributed by atoms with Crippen molar-refractivity contribution in [2.75, 3.05) is 13.2 Å². The van der Waals surface area contributed by atoms with Crippen molar-refractivity contribution in [2.45, 2.75) is 68.7 Å². The zero-order valence-corrected chi connectivity index (χ0v) is 21.6. The van der Waals surface area contributed by atoms with Crippen LogP contribution in [0.2, 0.25) is 5.02 Å². The van der Waals surface area contributed by atoms with E-state index >= 15 is 0 Å². The lowest BCUT2D eigenvalue weighted by atomic mass is 9.98. The second kappa shape index (κ2) is 13.0. The minimum Gasteiger partial charge on any atom is -0.448 e. The molecule has 1 aromatic rings. The predicted molar refractivity (Wildman–Crippen MR) is 133 cm³/mol. The highest BCUT2D eigenvalue weighted by Gasteiger charge is 2.30. The molecule has 1 aromatic carbocycles. The SMILES string of the molecule is CC(C)C[C@H](NC(=O)OCC(C)(C)Sc1cccc(Cl)c1)C(=O)N[C@H](C=O)C[C@@H]1CCNC1=O. The standard InChI is InChI=1S/C24H34ClN3O5S/c1-15(2)10-20(22(31)27-18(13-29)11-16-8-9-26-21(16)30)28-23(32)33-14-24(3,4)34-19-7-5-6-17(25)12-19/h5-7,12-13,15-16,18,20H,8-11,14H2,1-4H3,(H,26,30)(H,27,31)(H,28,32)/t16-,18-,20-/m0/s1. The van der Waals surface area contributed by atoms with Crippen LogP contribution in [0, 0.1) is 11.8 Å². The Labute approximate surface area is 210 Å². The number of carbonyl (C=O) groups is 4. The fourth-order valence-electron chi connectivity index (χ4n) is 3.61. The van der Waals surface area contributed by atoms with Gasteiger partial charge in [0, 0.05) is 27.1 Å². The van der Waals surface area contributed by atoms with E-state index in [-0.39, 0.29) is 30.8 Å². The average molecular weight is 512 g/mol. The Bertz CT molecular complexity index is 880. The van der Waals surface area contributed by atoms with E-state index in [4.69, 9.17) is 16.3 Å². The van der Waals surface area contributed by atoms with E-state index in [1.165, 1.54) is 11.8 Å². The predicted octanol–water partition coefficient (Wildman–Crippen LogP) is 3.56. The van der Waals surface area contributed by atoms with Gasteiger partial charge in [0.1, 0.15) is 18.9 Å². The van der Waals surface area contributed by atoms with Crippen molar-refractivity contribution in [1.29, 1.82) is 0 Å². The Hall–Kier alpha value is -2.26. The molecule has 10 heteroatoms. The van der Waals surface area contributed by atoms with Crippen LogP contribution in [0.15, 0.2) is 29.2 Å². The molecule has 0 saturated carbocycles. The Balaban J connectivity index is 1.91. The maximum Gasteiger partial charge on any atom is 0.407 e. The van der Waals surface area contributed by atoms with Crippen molar-refractivity contribution >= 4 is 47.6 Å². The molecule has 0 radical (unpaired) electrons. The van der Waals surface area contributed by atoms with Crippen molar-refractivity contribution in [3.05, 3.63) is 29.3 Å². The molecule has 3 atom stereocenters. The van der Waals surface area contributed by atoms with E-state index in [0.29, 0.717) is 30.7 Å². The van der Waals surface area contributed by atoms with Gasteiger partial charge in [0.15, 0.2) is 0 Å². The fraction of sp³-hybridized carbons (Fsp3) is 0.583. The van der Waals surface area contributed by atoms with Crippen molar-refractivity contribution in [1.82, 2.24) is 16.0 Å². The van der Waals surface area contributed by atoms with Gasteiger partial charge >= 0.3 is 6.09 Å². The highest BCUT2D eigenvalue weighted by molar-refractivity contribution is 8.00. The molecule has 188 valence electrons. The van der Waals surface area contributed by atoms with Gasteiger partial charge in [-0.1, -0.05) is 31.5 Å². The van der Waals surface area contributed by atoms with Crippen LogP contribution < -0.4 is 16.0 Å². The zero-order valence-electron chi connectivity index (χ0n) is 20.1. The van der Waals surface area contributed by atoms with Gasteiger partial charge in [0.25, 0.3) is 0 Å². The van der Waals surface area contributed by atoms with E-state index < -0.39 is 28.8 Å². The van der Waals surface area contributed by atoms with Crippen LogP contribution in [0.1, 0.15) is 47.0 Å². The molecule has 1 aliphatic heterocycles. The lowest BCUT2D eigenvalue weighted by Gasteiger charge is -2.26. The molecule has 1 aliphatic rings. The second-order valence-electron chi connectivity index (χ2n) is 9.49. The van der Waals surface area contributed by atoms with Gasteiger partial charge in [-0.3, -0.25) is 9.59 Å². The van der Waals surface area contributed by atoms with Gasteiger partial charge in [-0.15, -0.1) is 11.8 Å². The monoisotopic (exact) mass is 511 g/mol. The Morgan fingerprint density at radius 3 is 2.65 bits per heavy atom.